The Bertz CT molecular complexity index is 469. The summed E-state index contributed by atoms with van der Waals surface area (Å²) in [5, 5.41) is 15.6. The molecule has 2 fully saturated rings. The first kappa shape index (κ1) is 16.8. The Morgan fingerprint density at radius 1 is 1.50 bits per heavy atom. The second-order valence-electron chi connectivity index (χ2n) is 5.56. The number of carbonyl (C=O) groups is 2. The SMILES string of the molecule is [N-]=[N+]=NCCCN1C(=O)N[C@@H]2[C@H](CCCCC(=O)O)SC[C@@H]21. The Labute approximate surface area is 133 Å². The van der Waals surface area contributed by atoms with E-state index in [-0.39, 0.29) is 24.5 Å². The molecular weight excluding hydrogens is 306 g/mol. The van der Waals surface area contributed by atoms with Crippen molar-refractivity contribution < 1.29 is 14.7 Å². The molecule has 2 aliphatic heterocycles. The first-order valence-corrected chi connectivity index (χ1v) is 8.59. The number of rotatable bonds is 9. The van der Waals surface area contributed by atoms with Crippen LogP contribution in [0.3, 0.4) is 0 Å². The highest BCUT2D eigenvalue weighted by Gasteiger charge is 2.47. The molecule has 2 aliphatic rings. The molecule has 2 N–H and O–H groups in total. The van der Waals surface area contributed by atoms with Crippen molar-refractivity contribution in [3.8, 4) is 0 Å². The summed E-state index contributed by atoms with van der Waals surface area (Å²) in [6, 6.07) is 0.321. The van der Waals surface area contributed by atoms with E-state index in [1.165, 1.54) is 0 Å². The summed E-state index contributed by atoms with van der Waals surface area (Å²) in [6.07, 6.45) is 3.39. The van der Waals surface area contributed by atoms with E-state index in [1.807, 2.05) is 16.7 Å². The van der Waals surface area contributed by atoms with Gasteiger partial charge >= 0.3 is 12.0 Å². The van der Waals surface area contributed by atoms with Gasteiger partial charge in [-0.05, 0) is 24.8 Å². The number of carboxylic acid groups (broad SMARTS) is 1. The van der Waals surface area contributed by atoms with Crippen LogP contribution in [0.2, 0.25) is 0 Å². The van der Waals surface area contributed by atoms with Gasteiger partial charge in [0.05, 0.1) is 12.1 Å². The monoisotopic (exact) mass is 327 g/mol. The highest BCUT2D eigenvalue weighted by Crippen LogP contribution is 2.36. The fourth-order valence-electron chi connectivity index (χ4n) is 3.03. The number of nitrogens with zero attached hydrogens (tertiary/aromatic N) is 4. The van der Waals surface area contributed by atoms with Crippen LogP contribution in [0.4, 0.5) is 4.79 Å². The minimum atomic E-state index is -0.752. The molecule has 0 radical (unpaired) electrons. The number of amides is 2. The van der Waals surface area contributed by atoms with Crippen LogP contribution in [0.25, 0.3) is 10.4 Å². The molecule has 2 saturated heterocycles. The third-order valence-electron chi connectivity index (χ3n) is 4.10. The number of fused-ring (bicyclic) bond motifs is 1. The summed E-state index contributed by atoms with van der Waals surface area (Å²) in [6.45, 7) is 1.02. The van der Waals surface area contributed by atoms with Gasteiger partial charge in [-0.2, -0.15) is 11.8 Å². The van der Waals surface area contributed by atoms with Crippen LogP contribution in [-0.2, 0) is 4.79 Å². The average molecular weight is 327 g/mol. The van der Waals surface area contributed by atoms with Gasteiger partial charge in [0, 0.05) is 35.4 Å². The molecule has 122 valence electrons. The molecule has 9 heteroatoms. The van der Waals surface area contributed by atoms with Crippen LogP contribution in [0.15, 0.2) is 5.11 Å². The smallest absolute Gasteiger partial charge is 0.318 e. The predicted molar refractivity (Wildman–Crippen MR) is 83.8 cm³/mol. The fourth-order valence-corrected chi connectivity index (χ4v) is 4.66. The third-order valence-corrected chi connectivity index (χ3v) is 5.59. The molecule has 3 atom stereocenters. The number of azide groups is 1. The number of carboxylic acids is 1. The quantitative estimate of drug-likeness (QED) is 0.222. The van der Waals surface area contributed by atoms with E-state index in [4.69, 9.17) is 10.6 Å². The van der Waals surface area contributed by atoms with Crippen molar-refractivity contribution in [2.75, 3.05) is 18.8 Å². The Morgan fingerprint density at radius 2 is 2.32 bits per heavy atom. The highest BCUT2D eigenvalue weighted by molar-refractivity contribution is 8.00. The zero-order valence-electron chi connectivity index (χ0n) is 12.3. The maximum Gasteiger partial charge on any atom is 0.318 e. The van der Waals surface area contributed by atoms with E-state index in [0.29, 0.717) is 31.2 Å². The second kappa shape index (κ2) is 8.14. The van der Waals surface area contributed by atoms with Crippen LogP contribution in [-0.4, -0.2) is 58.2 Å². The Kier molecular flexibility index (Phi) is 6.21. The molecule has 0 spiro atoms. The number of hydrogen-bond acceptors (Lipinski definition) is 4. The van der Waals surface area contributed by atoms with Crippen LogP contribution in [0, 0.1) is 0 Å². The molecule has 0 aliphatic carbocycles. The van der Waals surface area contributed by atoms with E-state index in [1.54, 1.807) is 0 Å². The second-order valence-corrected chi connectivity index (χ2v) is 6.83. The molecular formula is C13H21N5O3S. The van der Waals surface area contributed by atoms with Gasteiger partial charge in [-0.15, -0.1) is 0 Å². The summed E-state index contributed by atoms with van der Waals surface area (Å²) in [7, 11) is 0. The molecule has 2 heterocycles. The van der Waals surface area contributed by atoms with Gasteiger partial charge < -0.3 is 15.3 Å². The Balaban J connectivity index is 1.77. The van der Waals surface area contributed by atoms with Gasteiger partial charge in [-0.3, -0.25) is 4.79 Å². The van der Waals surface area contributed by atoms with Crippen molar-refractivity contribution in [2.45, 2.75) is 49.4 Å². The molecule has 22 heavy (non-hydrogen) atoms. The molecule has 0 bridgehead atoms. The van der Waals surface area contributed by atoms with E-state index in [0.717, 1.165) is 18.6 Å². The zero-order chi connectivity index (χ0) is 15.9. The number of hydrogen-bond donors (Lipinski definition) is 2. The van der Waals surface area contributed by atoms with Gasteiger partial charge in [0.2, 0.25) is 0 Å². The van der Waals surface area contributed by atoms with Crippen molar-refractivity contribution in [1.82, 2.24) is 10.2 Å². The van der Waals surface area contributed by atoms with E-state index < -0.39 is 5.97 Å². The summed E-state index contributed by atoms with van der Waals surface area (Å²) >= 11 is 1.86. The standard InChI is InChI=1S/C13H21N5O3S/c14-17-15-6-3-7-18-9-8-22-10(12(9)16-13(18)21)4-1-2-5-11(19)20/h9-10,12H,1-8H2,(H,16,21)(H,19,20)/t9-,10-,12-/m0/s1. The molecule has 2 rings (SSSR count). The van der Waals surface area contributed by atoms with Crippen LogP contribution >= 0.6 is 11.8 Å². The lowest BCUT2D eigenvalue weighted by atomic mass is 10.0. The lowest BCUT2D eigenvalue weighted by Gasteiger charge is -2.21. The van der Waals surface area contributed by atoms with E-state index >= 15 is 0 Å². The molecule has 2 amide bonds. The van der Waals surface area contributed by atoms with Crippen molar-refractivity contribution >= 4 is 23.8 Å². The summed E-state index contributed by atoms with van der Waals surface area (Å²) in [5.74, 6) is 0.159. The molecule has 0 aromatic carbocycles. The molecule has 0 saturated carbocycles. The lowest BCUT2D eigenvalue weighted by Crippen LogP contribution is -2.38. The normalized spacial score (nSPS) is 26.5. The predicted octanol–water partition coefficient (Wildman–Crippen LogP) is 2.21. The maximum atomic E-state index is 12.0. The van der Waals surface area contributed by atoms with E-state index in [2.05, 4.69) is 15.3 Å². The van der Waals surface area contributed by atoms with E-state index in [9.17, 15) is 9.59 Å². The Morgan fingerprint density at radius 3 is 3.05 bits per heavy atom. The first-order valence-electron chi connectivity index (χ1n) is 7.55. The van der Waals surface area contributed by atoms with Crippen LogP contribution in [0.1, 0.15) is 32.1 Å². The minimum absolute atomic E-state index is 0.0354. The van der Waals surface area contributed by atoms with Crippen molar-refractivity contribution in [3.63, 3.8) is 0 Å². The maximum absolute atomic E-state index is 12.0. The van der Waals surface area contributed by atoms with Gasteiger partial charge in [0.15, 0.2) is 0 Å². The van der Waals surface area contributed by atoms with Gasteiger partial charge in [-0.1, -0.05) is 11.5 Å². The largest absolute Gasteiger partial charge is 0.481 e. The third kappa shape index (κ3) is 4.20. The number of thioether (sulfide) groups is 1. The van der Waals surface area contributed by atoms with Crippen molar-refractivity contribution in [1.29, 1.82) is 0 Å². The summed E-state index contributed by atoms with van der Waals surface area (Å²) in [5.41, 5.74) is 8.26. The molecule has 8 nitrogen and oxygen atoms in total. The number of urea groups is 1. The number of carbonyl (C=O) groups excluding carboxylic acids is 1. The lowest BCUT2D eigenvalue weighted by molar-refractivity contribution is -0.137. The number of nitrogens with one attached hydrogen (secondary N) is 1. The van der Waals surface area contributed by atoms with Crippen LogP contribution in [0.5, 0.6) is 0 Å². The Hall–Kier alpha value is -1.60. The molecule has 0 unspecified atom stereocenters. The van der Waals surface area contributed by atoms with Crippen molar-refractivity contribution in [2.24, 2.45) is 5.11 Å². The molecule has 0 aromatic heterocycles. The molecule has 0 aromatic rings. The topological polar surface area (TPSA) is 118 Å². The van der Waals surface area contributed by atoms with Gasteiger partial charge in [0.25, 0.3) is 0 Å². The van der Waals surface area contributed by atoms with Gasteiger partial charge in [0.1, 0.15) is 0 Å². The zero-order valence-corrected chi connectivity index (χ0v) is 13.2. The van der Waals surface area contributed by atoms with Crippen LogP contribution < -0.4 is 5.32 Å². The highest BCUT2D eigenvalue weighted by atomic mass is 32.2. The summed E-state index contributed by atoms with van der Waals surface area (Å²) in [4.78, 5) is 27.1. The van der Waals surface area contributed by atoms with Gasteiger partial charge in [-0.25, -0.2) is 4.79 Å². The first-order chi connectivity index (χ1) is 10.6. The fraction of sp³-hybridized carbons (Fsp3) is 0.846. The van der Waals surface area contributed by atoms with Crippen molar-refractivity contribution in [3.05, 3.63) is 10.4 Å². The number of unbranched alkanes of at least 4 members (excludes halogenated alkanes) is 1. The minimum Gasteiger partial charge on any atom is -0.481 e. The number of aliphatic carboxylic acids is 1. The summed E-state index contributed by atoms with van der Waals surface area (Å²) < 4.78 is 0. The average Bonchev–Trinajstić information content (AvgIpc) is 2.99.